The molecule has 0 unspecified atom stereocenters. The van der Waals surface area contributed by atoms with Gasteiger partial charge in [-0.25, -0.2) is 0 Å². The summed E-state index contributed by atoms with van der Waals surface area (Å²) in [7, 11) is 1.40. The van der Waals surface area contributed by atoms with E-state index in [-0.39, 0.29) is 18.3 Å². The number of carbonyl (C=O) groups is 2. The van der Waals surface area contributed by atoms with Gasteiger partial charge in [0, 0.05) is 39.1 Å². The van der Waals surface area contributed by atoms with E-state index in [2.05, 4.69) is 4.90 Å². The zero-order chi connectivity index (χ0) is 17.9. The van der Waals surface area contributed by atoms with Gasteiger partial charge >= 0.3 is 5.97 Å². The van der Waals surface area contributed by atoms with Crippen LogP contribution in [0, 0.1) is 5.92 Å². The Labute approximate surface area is 151 Å². The number of ether oxygens (including phenoxy) is 2. The predicted octanol–water partition coefficient (Wildman–Crippen LogP) is 2.07. The summed E-state index contributed by atoms with van der Waals surface area (Å²) in [6.45, 7) is 5.71. The van der Waals surface area contributed by atoms with Gasteiger partial charge in [0.15, 0.2) is 0 Å². The number of amides is 1. The monoisotopic (exact) mass is 354 g/mol. The number of esters is 1. The molecular formula is C19H34N2O4. The van der Waals surface area contributed by atoms with Crippen molar-refractivity contribution in [3.63, 3.8) is 0 Å². The number of carbonyl (C=O) groups excluding carboxylic acids is 2. The summed E-state index contributed by atoms with van der Waals surface area (Å²) in [5.41, 5.74) is 0. The summed E-state index contributed by atoms with van der Waals surface area (Å²) >= 11 is 0. The van der Waals surface area contributed by atoms with Crippen molar-refractivity contribution in [2.24, 2.45) is 5.92 Å². The first-order valence-electron chi connectivity index (χ1n) is 9.83. The Morgan fingerprint density at radius 3 is 2.52 bits per heavy atom. The summed E-state index contributed by atoms with van der Waals surface area (Å²) in [6, 6.07) is 0. The molecule has 1 aliphatic carbocycles. The van der Waals surface area contributed by atoms with Crippen LogP contribution in [0.3, 0.4) is 0 Å². The van der Waals surface area contributed by atoms with Gasteiger partial charge in [-0.05, 0) is 25.2 Å². The second-order valence-electron chi connectivity index (χ2n) is 7.22. The molecule has 1 saturated carbocycles. The predicted molar refractivity (Wildman–Crippen MR) is 96.3 cm³/mol. The Kier molecular flexibility index (Phi) is 9.26. The quantitative estimate of drug-likeness (QED) is 0.593. The van der Waals surface area contributed by atoms with Gasteiger partial charge in [0.05, 0.1) is 26.7 Å². The molecule has 6 heteroatoms. The Hall–Kier alpha value is -1.14. The van der Waals surface area contributed by atoms with E-state index in [1.54, 1.807) is 0 Å². The van der Waals surface area contributed by atoms with Crippen molar-refractivity contribution in [2.75, 3.05) is 53.0 Å². The van der Waals surface area contributed by atoms with Crippen molar-refractivity contribution in [3.05, 3.63) is 0 Å². The summed E-state index contributed by atoms with van der Waals surface area (Å²) in [6.07, 6.45) is 8.00. The maximum Gasteiger partial charge on any atom is 0.307 e. The zero-order valence-corrected chi connectivity index (χ0v) is 15.7. The minimum atomic E-state index is -0.247. The largest absolute Gasteiger partial charge is 0.469 e. The SMILES string of the molecule is COC(=O)CCN(CCCN1CCOCC1)C(=O)CC1CCCCC1. The van der Waals surface area contributed by atoms with Gasteiger partial charge in [-0.1, -0.05) is 19.3 Å². The van der Waals surface area contributed by atoms with E-state index in [0.29, 0.717) is 18.9 Å². The summed E-state index contributed by atoms with van der Waals surface area (Å²) in [4.78, 5) is 28.5. The van der Waals surface area contributed by atoms with Gasteiger partial charge in [0.25, 0.3) is 0 Å². The first-order chi connectivity index (χ1) is 12.2. The van der Waals surface area contributed by atoms with E-state index >= 15 is 0 Å². The van der Waals surface area contributed by atoms with E-state index in [9.17, 15) is 9.59 Å². The van der Waals surface area contributed by atoms with Crippen molar-refractivity contribution < 1.29 is 19.1 Å². The molecule has 0 radical (unpaired) electrons. The second kappa shape index (κ2) is 11.5. The number of morpholine rings is 1. The normalized spacial score (nSPS) is 19.6. The average Bonchev–Trinajstić information content (AvgIpc) is 2.65. The van der Waals surface area contributed by atoms with Crippen molar-refractivity contribution in [3.8, 4) is 0 Å². The minimum Gasteiger partial charge on any atom is -0.469 e. The highest BCUT2D eigenvalue weighted by Gasteiger charge is 2.22. The molecule has 0 spiro atoms. The number of methoxy groups -OCH3 is 1. The van der Waals surface area contributed by atoms with Gasteiger partial charge < -0.3 is 14.4 Å². The molecule has 2 aliphatic rings. The molecule has 0 aromatic rings. The fourth-order valence-corrected chi connectivity index (χ4v) is 3.77. The maximum absolute atomic E-state index is 12.7. The van der Waals surface area contributed by atoms with E-state index in [4.69, 9.17) is 9.47 Å². The highest BCUT2D eigenvalue weighted by Crippen LogP contribution is 2.26. The van der Waals surface area contributed by atoms with E-state index in [1.165, 1.54) is 39.2 Å². The van der Waals surface area contributed by atoms with Gasteiger partial charge in [-0.2, -0.15) is 0 Å². The molecule has 1 heterocycles. The van der Waals surface area contributed by atoms with Crippen molar-refractivity contribution in [1.29, 1.82) is 0 Å². The first kappa shape index (κ1) is 20.2. The highest BCUT2D eigenvalue weighted by molar-refractivity contribution is 5.77. The zero-order valence-electron chi connectivity index (χ0n) is 15.7. The third kappa shape index (κ3) is 7.74. The Morgan fingerprint density at radius 2 is 1.84 bits per heavy atom. The van der Waals surface area contributed by atoms with E-state index in [0.717, 1.165) is 45.8 Å². The molecule has 1 saturated heterocycles. The van der Waals surface area contributed by atoms with Crippen molar-refractivity contribution in [2.45, 2.75) is 51.4 Å². The number of nitrogens with zero attached hydrogens (tertiary/aromatic N) is 2. The fraction of sp³-hybridized carbons (Fsp3) is 0.895. The lowest BCUT2D eigenvalue weighted by Gasteiger charge is -2.29. The van der Waals surface area contributed by atoms with Gasteiger partial charge in [0.2, 0.25) is 5.91 Å². The Morgan fingerprint density at radius 1 is 1.12 bits per heavy atom. The van der Waals surface area contributed by atoms with E-state index in [1.807, 2.05) is 4.90 Å². The van der Waals surface area contributed by atoms with Gasteiger partial charge in [-0.3, -0.25) is 14.5 Å². The van der Waals surface area contributed by atoms with Crippen LogP contribution in [0.15, 0.2) is 0 Å². The van der Waals surface area contributed by atoms with Crippen LogP contribution in [-0.4, -0.2) is 74.7 Å². The molecule has 0 bridgehead atoms. The van der Waals surface area contributed by atoms with Crippen LogP contribution < -0.4 is 0 Å². The number of hydrogen-bond donors (Lipinski definition) is 0. The summed E-state index contributed by atoms with van der Waals surface area (Å²) in [5.74, 6) is 0.488. The maximum atomic E-state index is 12.7. The first-order valence-corrected chi connectivity index (χ1v) is 9.83. The molecule has 1 amide bonds. The van der Waals surface area contributed by atoms with Crippen LogP contribution >= 0.6 is 0 Å². The van der Waals surface area contributed by atoms with Gasteiger partial charge in [0.1, 0.15) is 0 Å². The van der Waals surface area contributed by atoms with Crippen LogP contribution in [-0.2, 0) is 19.1 Å². The van der Waals surface area contributed by atoms with Crippen LogP contribution in [0.1, 0.15) is 51.4 Å². The third-order valence-corrected chi connectivity index (χ3v) is 5.36. The molecule has 0 aromatic heterocycles. The average molecular weight is 354 g/mol. The summed E-state index contributed by atoms with van der Waals surface area (Å²) in [5, 5.41) is 0. The lowest BCUT2D eigenvalue weighted by atomic mass is 9.86. The van der Waals surface area contributed by atoms with Crippen LogP contribution in [0.5, 0.6) is 0 Å². The second-order valence-corrected chi connectivity index (χ2v) is 7.22. The molecule has 1 aliphatic heterocycles. The van der Waals surface area contributed by atoms with Gasteiger partial charge in [-0.15, -0.1) is 0 Å². The fourth-order valence-electron chi connectivity index (χ4n) is 3.77. The van der Waals surface area contributed by atoms with Crippen molar-refractivity contribution in [1.82, 2.24) is 9.80 Å². The third-order valence-electron chi connectivity index (χ3n) is 5.36. The topological polar surface area (TPSA) is 59.1 Å². The Balaban J connectivity index is 1.77. The van der Waals surface area contributed by atoms with Crippen LogP contribution in [0.2, 0.25) is 0 Å². The standard InChI is InChI=1S/C19H34N2O4/c1-24-19(23)8-11-21(10-5-9-20-12-14-25-15-13-20)18(22)16-17-6-3-2-4-7-17/h17H,2-16H2,1H3. The lowest BCUT2D eigenvalue weighted by molar-refractivity contribution is -0.142. The molecule has 0 atom stereocenters. The van der Waals surface area contributed by atoms with Crippen LogP contribution in [0.4, 0.5) is 0 Å². The molecular weight excluding hydrogens is 320 g/mol. The molecule has 2 fully saturated rings. The number of hydrogen-bond acceptors (Lipinski definition) is 5. The number of rotatable bonds is 9. The smallest absolute Gasteiger partial charge is 0.307 e. The molecule has 0 N–H and O–H groups in total. The molecule has 2 rings (SSSR count). The molecule has 144 valence electrons. The van der Waals surface area contributed by atoms with Crippen molar-refractivity contribution >= 4 is 11.9 Å². The molecule has 6 nitrogen and oxygen atoms in total. The van der Waals surface area contributed by atoms with Crippen LogP contribution in [0.25, 0.3) is 0 Å². The minimum absolute atomic E-state index is 0.206. The lowest BCUT2D eigenvalue weighted by Crippen LogP contribution is -2.40. The summed E-state index contributed by atoms with van der Waals surface area (Å²) < 4.78 is 10.1. The molecule has 25 heavy (non-hydrogen) atoms. The van der Waals surface area contributed by atoms with E-state index < -0.39 is 0 Å². The molecule has 0 aromatic carbocycles. The highest BCUT2D eigenvalue weighted by atomic mass is 16.5. The Bertz CT molecular complexity index is 404.